The highest BCUT2D eigenvalue weighted by Gasteiger charge is 2.62. The van der Waals surface area contributed by atoms with Crippen molar-refractivity contribution in [3.05, 3.63) is 83.0 Å². The number of ether oxygens (including phenoxy) is 1. The molecule has 0 spiro atoms. The Kier molecular flexibility index (Phi) is 7.14. The molecule has 12 heteroatoms. The van der Waals surface area contributed by atoms with E-state index in [2.05, 4.69) is 9.97 Å². The van der Waals surface area contributed by atoms with Crippen LogP contribution in [0.4, 0.5) is 13.2 Å². The molecule has 0 bridgehead atoms. The fourth-order valence-corrected chi connectivity index (χ4v) is 5.37. The van der Waals surface area contributed by atoms with Gasteiger partial charge in [0.25, 0.3) is 0 Å². The predicted octanol–water partition coefficient (Wildman–Crippen LogP) is 5.10. The molecular formula is C32H34F3N5O4. The molecular weight excluding hydrogens is 575 g/mol. The molecule has 2 aliphatic carbocycles. The first-order chi connectivity index (χ1) is 20.7. The van der Waals surface area contributed by atoms with E-state index in [1.54, 1.807) is 12.1 Å². The Morgan fingerprint density at radius 2 is 1.82 bits per heavy atom. The lowest BCUT2D eigenvalue weighted by molar-refractivity contribution is -0.0755. The van der Waals surface area contributed by atoms with Gasteiger partial charge in [-0.25, -0.2) is 29.0 Å². The molecule has 9 nitrogen and oxygen atoms in total. The van der Waals surface area contributed by atoms with Gasteiger partial charge in [-0.15, -0.1) is 0 Å². The number of rotatable bonds is 10. The van der Waals surface area contributed by atoms with E-state index in [0.717, 1.165) is 36.0 Å². The second kappa shape index (κ2) is 10.5. The highest BCUT2D eigenvalue weighted by atomic mass is 19.1. The van der Waals surface area contributed by atoms with Crippen molar-refractivity contribution in [2.45, 2.75) is 62.3 Å². The molecule has 2 aromatic carbocycles. The van der Waals surface area contributed by atoms with Crippen molar-refractivity contribution in [2.75, 3.05) is 13.7 Å². The van der Waals surface area contributed by atoms with Crippen LogP contribution in [0.3, 0.4) is 0 Å². The summed E-state index contributed by atoms with van der Waals surface area (Å²) in [6, 6.07) is 9.40. The number of fused-ring (bicyclic) bond motifs is 1. The Morgan fingerprint density at radius 3 is 2.41 bits per heavy atom. The topological polar surface area (TPSA) is 144 Å². The molecule has 0 amide bonds. The van der Waals surface area contributed by atoms with Crippen LogP contribution < -0.4 is 16.3 Å². The third kappa shape index (κ3) is 5.37. The standard InChI is InChI=1S/C32H34F3N5O4/c1-30(2,41)21-14-25(38-27(26(21)34)17-6-8-20(33)9-7-17)32(42,31(35)10-11-31)16-40(37)15-22(36)19-12-23(43-3)28-24(13-19)44-29(39-28)18-4-5-18/h6-9,12-15,18,41-42H,4-5,10-11,16,36-37H2,1-3H3/b22-15-. The number of nitrogens with two attached hydrogens (primary N) is 2. The number of methoxy groups -OCH3 is 1. The SMILES string of the molecule is COc1cc(/C(N)=C/N(N)CC(O)(c2cc(C(C)(C)O)c(F)c(-c3ccc(F)cc3)n2)C2(F)CC2)cc2oc(C3CC3)nc12. The number of alkyl halides is 1. The van der Waals surface area contributed by atoms with Crippen LogP contribution in [0.1, 0.15) is 68.2 Å². The van der Waals surface area contributed by atoms with E-state index in [4.69, 9.17) is 20.7 Å². The minimum atomic E-state index is -2.34. The molecule has 4 aromatic rings. The lowest BCUT2D eigenvalue weighted by Gasteiger charge is -2.35. The second-order valence-electron chi connectivity index (χ2n) is 12.2. The number of hydrogen-bond donors (Lipinski definition) is 4. The van der Waals surface area contributed by atoms with E-state index in [-0.39, 0.29) is 47.0 Å². The first-order valence-electron chi connectivity index (χ1n) is 14.3. The lowest BCUT2D eigenvalue weighted by atomic mass is 9.86. The van der Waals surface area contributed by atoms with E-state index in [1.807, 2.05) is 0 Å². The Bertz CT molecular complexity index is 1760. The molecule has 2 heterocycles. The van der Waals surface area contributed by atoms with Gasteiger partial charge in [0.05, 0.1) is 30.6 Å². The number of hydrogen-bond acceptors (Lipinski definition) is 9. The summed E-state index contributed by atoms with van der Waals surface area (Å²) in [5.74, 6) is 6.26. The zero-order chi connectivity index (χ0) is 31.6. The summed E-state index contributed by atoms with van der Waals surface area (Å²) in [4.78, 5) is 8.88. The number of oxazole rings is 1. The van der Waals surface area contributed by atoms with E-state index < -0.39 is 35.1 Å². The summed E-state index contributed by atoms with van der Waals surface area (Å²) in [7, 11) is 1.51. The average Bonchev–Trinajstić information content (AvgIpc) is 3.90. The summed E-state index contributed by atoms with van der Waals surface area (Å²) < 4.78 is 56.8. The third-order valence-electron chi connectivity index (χ3n) is 8.26. The molecule has 1 atom stereocenters. The number of benzene rings is 2. The van der Waals surface area contributed by atoms with E-state index in [1.165, 1.54) is 39.3 Å². The van der Waals surface area contributed by atoms with Crippen molar-refractivity contribution in [1.82, 2.24) is 15.0 Å². The van der Waals surface area contributed by atoms with Gasteiger partial charge in [0, 0.05) is 28.8 Å². The molecule has 0 saturated heterocycles. The maximum Gasteiger partial charge on any atom is 0.198 e. The number of aromatic nitrogens is 2. The van der Waals surface area contributed by atoms with Gasteiger partial charge in [0.2, 0.25) is 0 Å². The van der Waals surface area contributed by atoms with Gasteiger partial charge < -0.3 is 30.1 Å². The molecule has 2 fully saturated rings. The van der Waals surface area contributed by atoms with E-state index in [0.29, 0.717) is 28.3 Å². The van der Waals surface area contributed by atoms with Crippen LogP contribution in [-0.2, 0) is 11.2 Å². The summed E-state index contributed by atoms with van der Waals surface area (Å²) in [5, 5.41) is 23.8. The second-order valence-corrected chi connectivity index (χ2v) is 12.2. The molecule has 232 valence electrons. The Morgan fingerprint density at radius 1 is 1.14 bits per heavy atom. The fraction of sp³-hybridized carbons (Fsp3) is 0.375. The highest BCUT2D eigenvalue weighted by Crippen LogP contribution is 2.54. The molecule has 0 aliphatic heterocycles. The normalized spacial score (nSPS) is 17.9. The smallest absolute Gasteiger partial charge is 0.198 e. The molecule has 0 radical (unpaired) electrons. The third-order valence-corrected chi connectivity index (χ3v) is 8.26. The van der Waals surface area contributed by atoms with Crippen LogP contribution in [0.5, 0.6) is 5.75 Å². The Labute approximate surface area is 251 Å². The van der Waals surface area contributed by atoms with Crippen LogP contribution in [-0.4, -0.2) is 44.5 Å². The average molecular weight is 610 g/mol. The van der Waals surface area contributed by atoms with Crippen LogP contribution in [0.25, 0.3) is 28.1 Å². The monoisotopic (exact) mass is 609 g/mol. The summed E-state index contributed by atoms with van der Waals surface area (Å²) in [6.07, 6.45) is 3.36. The zero-order valence-corrected chi connectivity index (χ0v) is 24.6. The van der Waals surface area contributed by atoms with Gasteiger partial charge in [0.1, 0.15) is 22.9 Å². The van der Waals surface area contributed by atoms with Gasteiger partial charge in [-0.05, 0) is 82.0 Å². The number of pyridine rings is 1. The summed E-state index contributed by atoms with van der Waals surface area (Å²) >= 11 is 0. The van der Waals surface area contributed by atoms with E-state index >= 15 is 8.78 Å². The molecule has 2 aliphatic rings. The molecule has 44 heavy (non-hydrogen) atoms. The van der Waals surface area contributed by atoms with E-state index in [9.17, 15) is 14.6 Å². The van der Waals surface area contributed by atoms with Crippen LogP contribution >= 0.6 is 0 Å². The quantitative estimate of drug-likeness (QED) is 0.143. The molecule has 1 unspecified atom stereocenters. The number of aliphatic hydroxyl groups is 2. The maximum atomic E-state index is 16.1. The molecule has 2 aromatic heterocycles. The first kappa shape index (κ1) is 29.9. The van der Waals surface area contributed by atoms with Crippen molar-refractivity contribution in [3.8, 4) is 17.0 Å². The molecule has 2 saturated carbocycles. The minimum Gasteiger partial charge on any atom is -0.494 e. The van der Waals surface area contributed by atoms with Crippen LogP contribution in [0, 0.1) is 11.6 Å². The fourth-order valence-electron chi connectivity index (χ4n) is 5.37. The number of nitrogens with zero attached hydrogens (tertiary/aromatic N) is 3. The molecule has 6 rings (SSSR count). The van der Waals surface area contributed by atoms with Crippen molar-refractivity contribution >= 4 is 16.8 Å². The van der Waals surface area contributed by atoms with Crippen LogP contribution in [0.2, 0.25) is 0 Å². The van der Waals surface area contributed by atoms with Crippen molar-refractivity contribution in [3.63, 3.8) is 0 Å². The van der Waals surface area contributed by atoms with Crippen molar-refractivity contribution in [2.24, 2.45) is 11.6 Å². The Balaban J connectivity index is 1.38. The van der Waals surface area contributed by atoms with Gasteiger partial charge >= 0.3 is 0 Å². The van der Waals surface area contributed by atoms with Crippen molar-refractivity contribution < 1.29 is 32.5 Å². The number of halogens is 3. The Hall–Kier alpha value is -4.13. The first-order valence-corrected chi connectivity index (χ1v) is 14.3. The molecule has 6 N–H and O–H groups in total. The van der Waals surface area contributed by atoms with Crippen LogP contribution in [0.15, 0.2) is 53.1 Å². The number of hydrazine groups is 1. The predicted molar refractivity (Wildman–Crippen MR) is 157 cm³/mol. The summed E-state index contributed by atoms with van der Waals surface area (Å²) in [5.41, 5.74) is 1.35. The van der Waals surface area contributed by atoms with Gasteiger partial charge in [-0.1, -0.05) is 0 Å². The summed E-state index contributed by atoms with van der Waals surface area (Å²) in [6.45, 7) is 2.19. The zero-order valence-electron chi connectivity index (χ0n) is 24.6. The van der Waals surface area contributed by atoms with Crippen molar-refractivity contribution in [1.29, 1.82) is 0 Å². The largest absolute Gasteiger partial charge is 0.494 e. The highest BCUT2D eigenvalue weighted by molar-refractivity contribution is 5.84. The van der Waals surface area contributed by atoms with Gasteiger partial charge in [-0.3, -0.25) is 0 Å². The van der Waals surface area contributed by atoms with Gasteiger partial charge in [0.15, 0.2) is 28.4 Å². The maximum absolute atomic E-state index is 16.1. The minimum absolute atomic E-state index is 0.00200. The van der Waals surface area contributed by atoms with Gasteiger partial charge in [-0.2, -0.15) is 0 Å². The lowest BCUT2D eigenvalue weighted by Crippen LogP contribution is -2.50.